The van der Waals surface area contributed by atoms with E-state index in [0.29, 0.717) is 6.54 Å². The lowest BCUT2D eigenvalue weighted by atomic mass is 10.4. The van der Waals surface area contributed by atoms with Gasteiger partial charge >= 0.3 is 0 Å². The molecule has 2 heterocycles. The van der Waals surface area contributed by atoms with E-state index in [1.54, 1.807) is 23.5 Å². The highest BCUT2D eigenvalue weighted by atomic mass is 35.5. The van der Waals surface area contributed by atoms with Crippen LogP contribution in [0, 0.1) is 6.92 Å². The summed E-state index contributed by atoms with van der Waals surface area (Å²) in [6, 6.07) is 7.12. The molecule has 0 saturated carbocycles. The Balaban J connectivity index is 1.93. The van der Waals surface area contributed by atoms with Crippen LogP contribution in [0.3, 0.4) is 0 Å². The van der Waals surface area contributed by atoms with Gasteiger partial charge in [0.1, 0.15) is 0 Å². The minimum absolute atomic E-state index is 0.220. The number of aryl methyl sites for hydroxylation is 1. The Morgan fingerprint density at radius 1 is 1.44 bits per heavy atom. The Morgan fingerprint density at radius 2 is 2.25 bits per heavy atom. The summed E-state index contributed by atoms with van der Waals surface area (Å²) < 4.78 is 5.00. The highest BCUT2D eigenvalue weighted by Crippen LogP contribution is 2.16. The summed E-state index contributed by atoms with van der Waals surface area (Å²) >= 11 is 7.24. The van der Waals surface area contributed by atoms with Crippen molar-refractivity contribution in [2.45, 2.75) is 13.5 Å². The molecule has 0 aliphatic heterocycles. The quantitative estimate of drug-likeness (QED) is 0.915. The van der Waals surface area contributed by atoms with Gasteiger partial charge in [-0.05, 0) is 42.8 Å². The average molecular weight is 256 g/mol. The molecule has 0 atom stereocenters. The van der Waals surface area contributed by atoms with E-state index in [1.165, 1.54) is 4.88 Å². The second kappa shape index (κ2) is 4.72. The third kappa shape index (κ3) is 2.65. The molecule has 2 aromatic heterocycles. The SMILES string of the molecule is Cc1ccc(CNC(=O)c2ccc(Cl)o2)s1. The molecule has 0 aliphatic carbocycles. The van der Waals surface area contributed by atoms with E-state index < -0.39 is 0 Å². The molecule has 2 aromatic rings. The second-order valence-electron chi connectivity index (χ2n) is 3.30. The molecule has 0 unspecified atom stereocenters. The van der Waals surface area contributed by atoms with Crippen LogP contribution in [0.1, 0.15) is 20.3 Å². The minimum atomic E-state index is -0.252. The fourth-order valence-corrected chi connectivity index (χ4v) is 2.25. The van der Waals surface area contributed by atoms with Gasteiger partial charge in [-0.1, -0.05) is 0 Å². The Kier molecular flexibility index (Phi) is 3.31. The average Bonchev–Trinajstić information content (AvgIpc) is 2.84. The molecule has 1 amide bonds. The largest absolute Gasteiger partial charge is 0.440 e. The van der Waals surface area contributed by atoms with Crippen LogP contribution in [-0.4, -0.2) is 5.91 Å². The molecule has 0 aromatic carbocycles. The lowest BCUT2D eigenvalue weighted by Crippen LogP contribution is -2.21. The number of thiophene rings is 1. The van der Waals surface area contributed by atoms with Gasteiger partial charge in [-0.25, -0.2) is 0 Å². The van der Waals surface area contributed by atoms with Crippen molar-refractivity contribution in [3.63, 3.8) is 0 Å². The number of hydrogen-bond acceptors (Lipinski definition) is 3. The van der Waals surface area contributed by atoms with Crippen LogP contribution in [0.15, 0.2) is 28.7 Å². The summed E-state index contributed by atoms with van der Waals surface area (Å²) in [6.07, 6.45) is 0. The zero-order valence-corrected chi connectivity index (χ0v) is 10.2. The van der Waals surface area contributed by atoms with Crippen LogP contribution in [-0.2, 0) is 6.54 Å². The first kappa shape index (κ1) is 11.2. The topological polar surface area (TPSA) is 42.2 Å². The van der Waals surface area contributed by atoms with E-state index in [1.807, 2.05) is 19.1 Å². The maximum absolute atomic E-state index is 11.6. The number of amides is 1. The lowest BCUT2D eigenvalue weighted by Gasteiger charge is -1.99. The van der Waals surface area contributed by atoms with Gasteiger partial charge in [-0.2, -0.15) is 0 Å². The number of carbonyl (C=O) groups excluding carboxylic acids is 1. The summed E-state index contributed by atoms with van der Waals surface area (Å²) in [5.41, 5.74) is 0. The molecule has 0 saturated heterocycles. The Labute approximate surface area is 102 Å². The number of halogens is 1. The molecule has 0 radical (unpaired) electrons. The van der Waals surface area contributed by atoms with Gasteiger partial charge in [0.25, 0.3) is 5.91 Å². The van der Waals surface area contributed by atoms with Gasteiger partial charge in [-0.15, -0.1) is 11.3 Å². The van der Waals surface area contributed by atoms with Crippen LogP contribution in [0.2, 0.25) is 5.22 Å². The number of rotatable bonds is 3. The van der Waals surface area contributed by atoms with Crippen molar-refractivity contribution < 1.29 is 9.21 Å². The van der Waals surface area contributed by atoms with Crippen molar-refractivity contribution in [3.8, 4) is 0 Å². The van der Waals surface area contributed by atoms with Crippen LogP contribution in [0.5, 0.6) is 0 Å². The van der Waals surface area contributed by atoms with Gasteiger partial charge in [0.15, 0.2) is 11.0 Å². The first-order valence-corrected chi connectivity index (χ1v) is 5.93. The molecule has 0 spiro atoms. The van der Waals surface area contributed by atoms with Crippen molar-refractivity contribution in [2.24, 2.45) is 0 Å². The van der Waals surface area contributed by atoms with E-state index in [4.69, 9.17) is 16.0 Å². The maximum Gasteiger partial charge on any atom is 0.287 e. The molecule has 2 rings (SSSR count). The van der Waals surface area contributed by atoms with Gasteiger partial charge in [0.05, 0.1) is 6.54 Å². The standard InChI is InChI=1S/C11H10ClNO2S/c1-7-2-3-8(16-7)6-13-11(14)9-4-5-10(12)15-9/h2-5H,6H2,1H3,(H,13,14). The molecule has 84 valence electrons. The predicted octanol–water partition coefficient (Wildman–Crippen LogP) is 3.23. The number of nitrogens with one attached hydrogen (secondary N) is 1. The van der Waals surface area contributed by atoms with Crippen LogP contribution in [0.25, 0.3) is 0 Å². The molecule has 3 nitrogen and oxygen atoms in total. The third-order valence-corrected chi connectivity index (χ3v) is 3.22. The minimum Gasteiger partial charge on any atom is -0.440 e. The number of furan rings is 1. The van der Waals surface area contributed by atoms with E-state index in [0.717, 1.165) is 4.88 Å². The molecule has 5 heteroatoms. The summed E-state index contributed by atoms with van der Waals surface area (Å²) in [7, 11) is 0. The fraction of sp³-hybridized carbons (Fsp3) is 0.182. The predicted molar refractivity (Wildman–Crippen MR) is 63.9 cm³/mol. The van der Waals surface area contributed by atoms with Crippen LogP contribution >= 0.6 is 22.9 Å². The molecule has 0 fully saturated rings. The fourth-order valence-electron chi connectivity index (χ4n) is 1.27. The monoisotopic (exact) mass is 255 g/mol. The van der Waals surface area contributed by atoms with Crippen molar-refractivity contribution in [3.05, 3.63) is 45.0 Å². The summed E-state index contributed by atoms with van der Waals surface area (Å²) in [4.78, 5) is 13.9. The summed E-state index contributed by atoms with van der Waals surface area (Å²) in [6.45, 7) is 2.54. The molecule has 0 bridgehead atoms. The molecule has 0 aliphatic rings. The highest BCUT2D eigenvalue weighted by Gasteiger charge is 2.10. The van der Waals surface area contributed by atoms with E-state index in [9.17, 15) is 4.79 Å². The normalized spacial score (nSPS) is 10.4. The van der Waals surface area contributed by atoms with Crippen molar-refractivity contribution in [2.75, 3.05) is 0 Å². The van der Waals surface area contributed by atoms with Gasteiger partial charge in [0, 0.05) is 9.75 Å². The number of hydrogen-bond donors (Lipinski definition) is 1. The van der Waals surface area contributed by atoms with E-state index in [-0.39, 0.29) is 16.9 Å². The maximum atomic E-state index is 11.6. The summed E-state index contributed by atoms with van der Waals surface area (Å²) in [5.74, 6) is -0.0174. The third-order valence-electron chi connectivity index (χ3n) is 2.02. The highest BCUT2D eigenvalue weighted by molar-refractivity contribution is 7.11. The smallest absolute Gasteiger partial charge is 0.287 e. The Morgan fingerprint density at radius 3 is 2.81 bits per heavy atom. The van der Waals surface area contributed by atoms with E-state index in [2.05, 4.69) is 5.32 Å². The molecule has 16 heavy (non-hydrogen) atoms. The number of carbonyl (C=O) groups is 1. The van der Waals surface area contributed by atoms with Crippen molar-refractivity contribution in [1.29, 1.82) is 0 Å². The van der Waals surface area contributed by atoms with Gasteiger partial charge in [-0.3, -0.25) is 4.79 Å². The summed E-state index contributed by atoms with van der Waals surface area (Å²) in [5, 5.41) is 2.98. The zero-order chi connectivity index (χ0) is 11.5. The molecular weight excluding hydrogens is 246 g/mol. The van der Waals surface area contributed by atoms with Crippen molar-refractivity contribution >= 4 is 28.8 Å². The first-order valence-electron chi connectivity index (χ1n) is 4.74. The Bertz CT molecular complexity index is 504. The van der Waals surface area contributed by atoms with Gasteiger partial charge < -0.3 is 9.73 Å². The van der Waals surface area contributed by atoms with Crippen LogP contribution in [0.4, 0.5) is 0 Å². The Hall–Kier alpha value is -1.26. The zero-order valence-electron chi connectivity index (χ0n) is 8.62. The van der Waals surface area contributed by atoms with Gasteiger partial charge in [0.2, 0.25) is 0 Å². The molecular formula is C11H10ClNO2S. The second-order valence-corrected chi connectivity index (χ2v) is 5.04. The first-order chi connectivity index (χ1) is 7.65. The van der Waals surface area contributed by atoms with E-state index >= 15 is 0 Å². The lowest BCUT2D eigenvalue weighted by molar-refractivity contribution is 0.0923. The molecule has 1 N–H and O–H groups in total. The van der Waals surface area contributed by atoms with Crippen molar-refractivity contribution in [1.82, 2.24) is 5.32 Å². The van der Waals surface area contributed by atoms with Crippen LogP contribution < -0.4 is 5.32 Å².